The second-order valence-electron chi connectivity index (χ2n) is 3.80. The Morgan fingerprint density at radius 3 is 2.79 bits per heavy atom. The van der Waals surface area contributed by atoms with Gasteiger partial charge in [-0.1, -0.05) is 12.1 Å². The molecule has 1 saturated heterocycles. The zero-order valence-corrected chi connectivity index (χ0v) is 8.98. The molecule has 1 atom stereocenters. The average molecular weight is 200 g/mol. The van der Waals surface area contributed by atoms with Gasteiger partial charge in [0.05, 0.1) is 6.54 Å². The zero-order valence-electron chi connectivity index (χ0n) is 8.98. The van der Waals surface area contributed by atoms with Crippen LogP contribution in [0, 0.1) is 0 Å². The first-order valence-electron chi connectivity index (χ1n) is 5.10. The first-order chi connectivity index (χ1) is 6.67. The second-order valence-corrected chi connectivity index (χ2v) is 3.80. The van der Waals surface area contributed by atoms with Crippen molar-refractivity contribution in [3.05, 3.63) is 0 Å². The standard InChI is InChI=1S/C9H20N4O/c1-3-13-5-4-12(6-8(13)2)7-9(10)11-14/h8,14H,3-7H2,1-2H3,(H2,10,11). The highest BCUT2D eigenvalue weighted by Gasteiger charge is 2.22. The molecular formula is C9H20N4O. The van der Waals surface area contributed by atoms with Crippen LogP contribution in [-0.4, -0.2) is 59.6 Å². The quantitative estimate of drug-likeness (QED) is 0.285. The van der Waals surface area contributed by atoms with Crippen LogP contribution in [0.1, 0.15) is 13.8 Å². The summed E-state index contributed by atoms with van der Waals surface area (Å²) in [6.45, 7) is 9.10. The number of likely N-dealkylation sites (N-methyl/N-ethyl adjacent to an activating group) is 1. The number of nitrogens with two attached hydrogens (primary N) is 1. The van der Waals surface area contributed by atoms with Gasteiger partial charge in [0, 0.05) is 25.7 Å². The average Bonchev–Trinajstić information content (AvgIpc) is 2.18. The minimum Gasteiger partial charge on any atom is -0.409 e. The van der Waals surface area contributed by atoms with E-state index in [1.165, 1.54) is 0 Å². The Morgan fingerprint density at radius 1 is 1.57 bits per heavy atom. The number of oxime groups is 1. The summed E-state index contributed by atoms with van der Waals surface area (Å²) in [5.41, 5.74) is 5.46. The highest BCUT2D eigenvalue weighted by Crippen LogP contribution is 2.07. The molecule has 0 spiro atoms. The van der Waals surface area contributed by atoms with Crippen LogP contribution in [0.3, 0.4) is 0 Å². The lowest BCUT2D eigenvalue weighted by Gasteiger charge is -2.39. The first kappa shape index (κ1) is 11.3. The maximum atomic E-state index is 8.46. The van der Waals surface area contributed by atoms with Crippen molar-refractivity contribution in [3.8, 4) is 0 Å². The molecule has 14 heavy (non-hydrogen) atoms. The van der Waals surface area contributed by atoms with E-state index in [1.807, 2.05) is 0 Å². The Kier molecular flexibility index (Phi) is 4.16. The normalized spacial score (nSPS) is 26.7. The molecular weight excluding hydrogens is 180 g/mol. The van der Waals surface area contributed by atoms with E-state index in [1.54, 1.807) is 0 Å². The van der Waals surface area contributed by atoms with E-state index in [9.17, 15) is 0 Å². The van der Waals surface area contributed by atoms with Crippen molar-refractivity contribution in [2.45, 2.75) is 19.9 Å². The zero-order chi connectivity index (χ0) is 10.6. The summed E-state index contributed by atoms with van der Waals surface area (Å²) < 4.78 is 0. The fraction of sp³-hybridized carbons (Fsp3) is 0.889. The van der Waals surface area contributed by atoms with Crippen molar-refractivity contribution in [1.29, 1.82) is 0 Å². The Bertz CT molecular complexity index is 207. The van der Waals surface area contributed by atoms with Gasteiger partial charge in [0.1, 0.15) is 0 Å². The summed E-state index contributed by atoms with van der Waals surface area (Å²) in [7, 11) is 0. The number of hydrogen-bond donors (Lipinski definition) is 2. The molecule has 82 valence electrons. The Labute approximate surface area is 85.2 Å². The predicted molar refractivity (Wildman–Crippen MR) is 56.6 cm³/mol. The fourth-order valence-corrected chi connectivity index (χ4v) is 1.94. The van der Waals surface area contributed by atoms with Gasteiger partial charge in [0.25, 0.3) is 0 Å². The highest BCUT2D eigenvalue weighted by molar-refractivity contribution is 5.81. The van der Waals surface area contributed by atoms with Crippen molar-refractivity contribution < 1.29 is 5.21 Å². The van der Waals surface area contributed by atoms with Crippen molar-refractivity contribution in [2.24, 2.45) is 10.9 Å². The smallest absolute Gasteiger partial charge is 0.153 e. The molecule has 0 aliphatic carbocycles. The highest BCUT2D eigenvalue weighted by atomic mass is 16.4. The Hall–Kier alpha value is -0.810. The number of piperazine rings is 1. The van der Waals surface area contributed by atoms with Crippen LogP contribution in [0.5, 0.6) is 0 Å². The van der Waals surface area contributed by atoms with Gasteiger partial charge in [0.2, 0.25) is 0 Å². The molecule has 0 aromatic rings. The van der Waals surface area contributed by atoms with E-state index in [0.29, 0.717) is 18.4 Å². The van der Waals surface area contributed by atoms with Gasteiger partial charge >= 0.3 is 0 Å². The molecule has 1 fully saturated rings. The molecule has 0 radical (unpaired) electrons. The molecule has 1 heterocycles. The van der Waals surface area contributed by atoms with Crippen molar-refractivity contribution in [1.82, 2.24) is 9.80 Å². The molecule has 0 aromatic heterocycles. The van der Waals surface area contributed by atoms with Crippen LogP contribution in [0.4, 0.5) is 0 Å². The third-order valence-corrected chi connectivity index (χ3v) is 2.77. The van der Waals surface area contributed by atoms with E-state index >= 15 is 0 Å². The lowest BCUT2D eigenvalue weighted by Crippen LogP contribution is -2.53. The molecule has 0 bridgehead atoms. The van der Waals surface area contributed by atoms with Crippen molar-refractivity contribution >= 4 is 5.84 Å². The van der Waals surface area contributed by atoms with Gasteiger partial charge in [-0.25, -0.2) is 0 Å². The van der Waals surface area contributed by atoms with Gasteiger partial charge in [-0.15, -0.1) is 0 Å². The Morgan fingerprint density at radius 2 is 2.29 bits per heavy atom. The van der Waals surface area contributed by atoms with Crippen LogP contribution < -0.4 is 5.73 Å². The molecule has 3 N–H and O–H groups in total. The summed E-state index contributed by atoms with van der Waals surface area (Å²) in [6.07, 6.45) is 0. The maximum absolute atomic E-state index is 8.46. The summed E-state index contributed by atoms with van der Waals surface area (Å²) >= 11 is 0. The minimum atomic E-state index is 0.294. The van der Waals surface area contributed by atoms with Crippen LogP contribution in [-0.2, 0) is 0 Å². The molecule has 1 aliphatic rings. The van der Waals surface area contributed by atoms with Crippen molar-refractivity contribution in [3.63, 3.8) is 0 Å². The van der Waals surface area contributed by atoms with E-state index in [-0.39, 0.29) is 0 Å². The van der Waals surface area contributed by atoms with Gasteiger partial charge in [0.15, 0.2) is 5.84 Å². The fourth-order valence-electron chi connectivity index (χ4n) is 1.94. The predicted octanol–water partition coefficient (Wildman–Crippen LogP) is -0.241. The van der Waals surface area contributed by atoms with Gasteiger partial charge in [-0.3, -0.25) is 9.80 Å². The summed E-state index contributed by atoms with van der Waals surface area (Å²) in [5, 5.41) is 11.4. The third-order valence-electron chi connectivity index (χ3n) is 2.77. The lowest BCUT2D eigenvalue weighted by atomic mass is 10.2. The summed E-state index contributed by atoms with van der Waals surface area (Å²) in [4.78, 5) is 4.65. The number of amidine groups is 1. The number of nitrogens with zero attached hydrogens (tertiary/aromatic N) is 3. The van der Waals surface area contributed by atoms with Gasteiger partial charge in [-0.05, 0) is 13.5 Å². The van der Waals surface area contributed by atoms with Gasteiger partial charge < -0.3 is 10.9 Å². The van der Waals surface area contributed by atoms with E-state index in [0.717, 1.165) is 26.2 Å². The SMILES string of the molecule is CCN1CCN(CC(N)=NO)CC1C. The van der Waals surface area contributed by atoms with E-state index in [4.69, 9.17) is 10.9 Å². The molecule has 5 nitrogen and oxygen atoms in total. The largest absolute Gasteiger partial charge is 0.409 e. The summed E-state index contributed by atoms with van der Waals surface area (Å²) in [6, 6.07) is 0.556. The number of hydrogen-bond acceptors (Lipinski definition) is 4. The maximum Gasteiger partial charge on any atom is 0.153 e. The molecule has 1 aliphatic heterocycles. The minimum absolute atomic E-state index is 0.294. The lowest BCUT2D eigenvalue weighted by molar-refractivity contribution is 0.0979. The van der Waals surface area contributed by atoms with E-state index < -0.39 is 0 Å². The molecule has 0 aromatic carbocycles. The van der Waals surface area contributed by atoms with Crippen LogP contribution in [0.15, 0.2) is 5.16 Å². The van der Waals surface area contributed by atoms with Crippen LogP contribution in [0.2, 0.25) is 0 Å². The summed E-state index contributed by atoms with van der Waals surface area (Å²) in [5.74, 6) is 0.294. The molecule has 0 saturated carbocycles. The molecule has 1 unspecified atom stereocenters. The van der Waals surface area contributed by atoms with Crippen LogP contribution in [0.25, 0.3) is 0 Å². The topological polar surface area (TPSA) is 65.1 Å². The monoisotopic (exact) mass is 200 g/mol. The second kappa shape index (κ2) is 5.17. The van der Waals surface area contributed by atoms with Gasteiger partial charge in [-0.2, -0.15) is 0 Å². The third kappa shape index (κ3) is 2.85. The molecule has 1 rings (SSSR count). The Balaban J connectivity index is 2.39. The van der Waals surface area contributed by atoms with E-state index in [2.05, 4.69) is 28.8 Å². The molecule has 5 heteroatoms. The first-order valence-corrected chi connectivity index (χ1v) is 5.10. The number of rotatable bonds is 3. The molecule has 0 amide bonds. The van der Waals surface area contributed by atoms with Crippen molar-refractivity contribution in [2.75, 3.05) is 32.7 Å². The van der Waals surface area contributed by atoms with Crippen LogP contribution >= 0.6 is 0 Å².